The zero-order valence-electron chi connectivity index (χ0n) is 19.9. The fraction of sp³-hybridized carbons (Fsp3) is 0.444. The standard InChI is InChI=1S/C27H32N2O5/c1-17(2)23(24(30)29-15-9-8-14-27(29,3)25(31)32)28-26(33)34-16-22-20-12-6-4-10-18(20)19-11-5-7-13-21(19)22/h4-7,10-13,17,22-23H,8-9,14-16H2,1-3H3,(H,28,33)(H,31,32)/t23-,27?/m0/s1. The topological polar surface area (TPSA) is 95.9 Å². The Balaban J connectivity index is 1.46. The van der Waals surface area contributed by atoms with Crippen molar-refractivity contribution in [2.24, 2.45) is 5.92 Å². The summed E-state index contributed by atoms with van der Waals surface area (Å²) in [5.41, 5.74) is 3.23. The maximum atomic E-state index is 13.4. The minimum absolute atomic E-state index is 0.0799. The van der Waals surface area contributed by atoms with E-state index in [-0.39, 0.29) is 24.3 Å². The Morgan fingerprint density at radius 2 is 1.65 bits per heavy atom. The van der Waals surface area contributed by atoms with Gasteiger partial charge in [0, 0.05) is 12.5 Å². The number of carboxylic acid groups (broad SMARTS) is 1. The molecule has 0 bridgehead atoms. The molecule has 1 aliphatic heterocycles. The number of hydrogen-bond acceptors (Lipinski definition) is 4. The second-order valence-electron chi connectivity index (χ2n) is 9.72. The maximum absolute atomic E-state index is 13.4. The number of hydrogen-bond donors (Lipinski definition) is 2. The monoisotopic (exact) mass is 464 g/mol. The number of carbonyl (C=O) groups is 3. The van der Waals surface area contributed by atoms with Crippen molar-refractivity contribution < 1.29 is 24.2 Å². The molecule has 2 N–H and O–H groups in total. The molecule has 0 aromatic heterocycles. The number of nitrogens with one attached hydrogen (secondary N) is 1. The molecule has 0 radical (unpaired) electrons. The molecule has 180 valence electrons. The second kappa shape index (κ2) is 9.49. The zero-order valence-corrected chi connectivity index (χ0v) is 19.9. The van der Waals surface area contributed by atoms with Crippen LogP contribution in [-0.2, 0) is 14.3 Å². The Bertz CT molecular complexity index is 1050. The van der Waals surface area contributed by atoms with E-state index in [9.17, 15) is 19.5 Å². The van der Waals surface area contributed by atoms with Gasteiger partial charge in [0.15, 0.2) is 0 Å². The van der Waals surface area contributed by atoms with Gasteiger partial charge in [-0.1, -0.05) is 62.4 Å². The van der Waals surface area contributed by atoms with Crippen LogP contribution in [0.4, 0.5) is 4.79 Å². The predicted octanol–water partition coefficient (Wildman–Crippen LogP) is 4.41. The van der Waals surface area contributed by atoms with Gasteiger partial charge >= 0.3 is 12.1 Å². The summed E-state index contributed by atoms with van der Waals surface area (Å²) < 4.78 is 5.62. The third kappa shape index (κ3) is 4.27. The van der Waals surface area contributed by atoms with Crippen molar-refractivity contribution in [3.8, 4) is 11.1 Å². The van der Waals surface area contributed by atoms with Crippen LogP contribution in [-0.4, -0.2) is 52.7 Å². The third-order valence-electron chi connectivity index (χ3n) is 7.17. The number of aliphatic carboxylic acids is 1. The summed E-state index contributed by atoms with van der Waals surface area (Å²) in [6.45, 7) is 5.74. The van der Waals surface area contributed by atoms with Gasteiger partial charge in [-0.2, -0.15) is 0 Å². The van der Waals surface area contributed by atoms with Gasteiger partial charge < -0.3 is 20.1 Å². The molecule has 2 amide bonds. The quantitative estimate of drug-likeness (QED) is 0.660. The average molecular weight is 465 g/mol. The normalized spacial score (nSPS) is 20.4. The summed E-state index contributed by atoms with van der Waals surface area (Å²) in [5, 5.41) is 12.5. The molecule has 7 heteroatoms. The second-order valence-corrected chi connectivity index (χ2v) is 9.72. The first kappa shape index (κ1) is 23.8. The largest absolute Gasteiger partial charge is 0.480 e. The van der Waals surface area contributed by atoms with E-state index in [1.165, 1.54) is 4.90 Å². The van der Waals surface area contributed by atoms with Gasteiger partial charge in [0.1, 0.15) is 18.2 Å². The molecule has 2 atom stereocenters. The van der Waals surface area contributed by atoms with E-state index in [0.717, 1.165) is 35.1 Å². The molecule has 0 saturated carbocycles. The van der Waals surface area contributed by atoms with E-state index in [1.54, 1.807) is 6.92 Å². The number of ether oxygens (including phenoxy) is 1. The lowest BCUT2D eigenvalue weighted by Gasteiger charge is -2.43. The smallest absolute Gasteiger partial charge is 0.407 e. The predicted molar refractivity (Wildman–Crippen MR) is 128 cm³/mol. The van der Waals surface area contributed by atoms with Crippen molar-refractivity contribution in [1.82, 2.24) is 10.2 Å². The molecule has 1 aliphatic carbocycles. The number of alkyl carbamates (subject to hydrolysis) is 1. The van der Waals surface area contributed by atoms with Crippen LogP contribution in [0, 0.1) is 5.92 Å². The van der Waals surface area contributed by atoms with Gasteiger partial charge in [-0.05, 0) is 54.4 Å². The highest BCUT2D eigenvalue weighted by Gasteiger charge is 2.46. The Labute approximate surface area is 200 Å². The van der Waals surface area contributed by atoms with Crippen LogP contribution in [0.5, 0.6) is 0 Å². The SMILES string of the molecule is CC(C)[C@H](NC(=O)OCC1c2ccccc2-c2ccccc21)C(=O)N1CCCCC1(C)C(=O)O. The van der Waals surface area contributed by atoms with Crippen LogP contribution in [0.15, 0.2) is 48.5 Å². The lowest BCUT2D eigenvalue weighted by Crippen LogP contribution is -2.62. The highest BCUT2D eigenvalue weighted by Crippen LogP contribution is 2.44. The molecule has 1 fully saturated rings. The van der Waals surface area contributed by atoms with Crippen LogP contribution < -0.4 is 5.32 Å². The van der Waals surface area contributed by atoms with Gasteiger partial charge in [0.05, 0.1) is 0 Å². The van der Waals surface area contributed by atoms with Crippen molar-refractivity contribution in [1.29, 1.82) is 0 Å². The van der Waals surface area contributed by atoms with Crippen molar-refractivity contribution >= 4 is 18.0 Å². The highest BCUT2D eigenvalue weighted by molar-refractivity contribution is 5.91. The van der Waals surface area contributed by atoms with Gasteiger partial charge in [0.2, 0.25) is 5.91 Å². The molecule has 1 saturated heterocycles. The van der Waals surface area contributed by atoms with Crippen LogP contribution in [0.25, 0.3) is 11.1 Å². The van der Waals surface area contributed by atoms with Crippen molar-refractivity contribution in [2.45, 2.75) is 57.5 Å². The zero-order chi connectivity index (χ0) is 24.5. The molecule has 2 aromatic rings. The molecule has 1 unspecified atom stereocenters. The third-order valence-corrected chi connectivity index (χ3v) is 7.17. The summed E-state index contributed by atoms with van der Waals surface area (Å²) in [6.07, 6.45) is 1.20. The summed E-state index contributed by atoms with van der Waals surface area (Å²) in [4.78, 5) is 39.5. The molecular weight excluding hydrogens is 432 g/mol. The summed E-state index contributed by atoms with van der Waals surface area (Å²) >= 11 is 0. The van der Waals surface area contributed by atoms with Crippen molar-refractivity contribution in [2.75, 3.05) is 13.2 Å². The molecule has 7 nitrogen and oxygen atoms in total. The minimum Gasteiger partial charge on any atom is -0.480 e. The number of likely N-dealkylation sites (tertiary alicyclic amines) is 1. The van der Waals surface area contributed by atoms with E-state index in [1.807, 2.05) is 50.2 Å². The molecule has 2 aliphatic rings. The maximum Gasteiger partial charge on any atom is 0.407 e. The first-order valence-electron chi connectivity index (χ1n) is 11.9. The minimum atomic E-state index is -1.27. The van der Waals surface area contributed by atoms with Crippen molar-refractivity contribution in [3.63, 3.8) is 0 Å². The molecule has 1 heterocycles. The molecule has 34 heavy (non-hydrogen) atoms. The van der Waals surface area contributed by atoms with E-state index in [0.29, 0.717) is 13.0 Å². The van der Waals surface area contributed by atoms with E-state index < -0.39 is 23.6 Å². The fourth-order valence-corrected chi connectivity index (χ4v) is 5.15. The fourth-order valence-electron chi connectivity index (χ4n) is 5.15. The number of fused-ring (bicyclic) bond motifs is 3. The van der Waals surface area contributed by atoms with Crippen LogP contribution in [0.2, 0.25) is 0 Å². The first-order valence-corrected chi connectivity index (χ1v) is 11.9. The summed E-state index contributed by atoms with van der Waals surface area (Å²) in [7, 11) is 0. The Morgan fingerprint density at radius 3 is 2.21 bits per heavy atom. The van der Waals surface area contributed by atoms with Gasteiger partial charge in [-0.25, -0.2) is 9.59 Å². The number of benzene rings is 2. The molecule has 4 rings (SSSR count). The summed E-state index contributed by atoms with van der Waals surface area (Å²) in [6, 6.07) is 15.3. The number of carbonyl (C=O) groups excluding carboxylic acids is 2. The lowest BCUT2D eigenvalue weighted by molar-refractivity contribution is -0.162. The first-order chi connectivity index (χ1) is 16.2. The Kier molecular flexibility index (Phi) is 6.64. The Morgan fingerprint density at radius 1 is 1.06 bits per heavy atom. The lowest BCUT2D eigenvalue weighted by atomic mass is 9.87. The highest BCUT2D eigenvalue weighted by atomic mass is 16.5. The van der Waals surface area contributed by atoms with Crippen LogP contribution >= 0.6 is 0 Å². The van der Waals surface area contributed by atoms with Gasteiger partial charge in [-0.15, -0.1) is 0 Å². The van der Waals surface area contributed by atoms with Crippen LogP contribution in [0.1, 0.15) is 57.1 Å². The molecule has 2 aromatic carbocycles. The van der Waals surface area contributed by atoms with Crippen LogP contribution in [0.3, 0.4) is 0 Å². The van der Waals surface area contributed by atoms with Crippen molar-refractivity contribution in [3.05, 3.63) is 59.7 Å². The number of amides is 2. The van der Waals surface area contributed by atoms with E-state index in [4.69, 9.17) is 4.74 Å². The van der Waals surface area contributed by atoms with Gasteiger partial charge in [0.25, 0.3) is 0 Å². The summed E-state index contributed by atoms with van der Waals surface area (Å²) in [5.74, 6) is -1.71. The molecule has 0 spiro atoms. The number of piperidine rings is 1. The van der Waals surface area contributed by atoms with E-state index >= 15 is 0 Å². The molecular formula is C27H32N2O5. The average Bonchev–Trinajstić information content (AvgIpc) is 3.14. The number of rotatable bonds is 6. The number of nitrogens with zero attached hydrogens (tertiary/aromatic N) is 1. The Hall–Kier alpha value is -3.35. The van der Waals surface area contributed by atoms with E-state index in [2.05, 4.69) is 17.4 Å². The van der Waals surface area contributed by atoms with Gasteiger partial charge in [-0.3, -0.25) is 4.79 Å². The number of carboxylic acids is 1.